The van der Waals surface area contributed by atoms with Crippen molar-refractivity contribution in [1.29, 1.82) is 0 Å². The number of rotatable bonds is 6. The maximum absolute atomic E-state index is 13.1. The Hall–Kier alpha value is -1.87. The lowest BCUT2D eigenvalue weighted by Gasteiger charge is -2.27. The van der Waals surface area contributed by atoms with Gasteiger partial charge in [-0.3, -0.25) is 9.52 Å². The average molecular weight is 508 g/mol. The third kappa shape index (κ3) is 5.14. The van der Waals surface area contributed by atoms with Crippen molar-refractivity contribution in [2.45, 2.75) is 24.2 Å². The summed E-state index contributed by atoms with van der Waals surface area (Å²) in [6.45, 7) is 1.19. The van der Waals surface area contributed by atoms with Gasteiger partial charge in [0.15, 0.2) is 0 Å². The highest BCUT2D eigenvalue weighted by Crippen LogP contribution is 2.38. The minimum Gasteiger partial charge on any atom is -0.495 e. The van der Waals surface area contributed by atoms with E-state index in [9.17, 15) is 13.2 Å². The van der Waals surface area contributed by atoms with Gasteiger partial charge >= 0.3 is 0 Å². The quantitative estimate of drug-likeness (QED) is 0.589. The lowest BCUT2D eigenvalue weighted by molar-refractivity contribution is 0.0724. The fourth-order valence-electron chi connectivity index (χ4n) is 3.31. The number of carbonyl (C=O) groups is 1. The molecule has 0 unspecified atom stereocenters. The van der Waals surface area contributed by atoms with Crippen LogP contribution >= 0.6 is 34.8 Å². The number of halogens is 3. The Morgan fingerprint density at radius 3 is 2.16 bits per heavy atom. The maximum Gasteiger partial charge on any atom is 0.263 e. The van der Waals surface area contributed by atoms with Gasteiger partial charge < -0.3 is 14.4 Å². The van der Waals surface area contributed by atoms with E-state index in [4.69, 9.17) is 44.3 Å². The van der Waals surface area contributed by atoms with Crippen molar-refractivity contribution in [3.05, 3.63) is 44.9 Å². The smallest absolute Gasteiger partial charge is 0.263 e. The van der Waals surface area contributed by atoms with E-state index in [1.807, 2.05) is 0 Å². The molecule has 0 spiro atoms. The average Bonchev–Trinajstić information content (AvgIpc) is 2.73. The zero-order valence-electron chi connectivity index (χ0n) is 16.9. The second-order valence-corrected chi connectivity index (χ2v) is 9.78. The van der Waals surface area contributed by atoms with Crippen LogP contribution in [0.4, 0.5) is 5.69 Å². The number of hydrogen-bond donors (Lipinski definition) is 1. The van der Waals surface area contributed by atoms with Gasteiger partial charge in [0.25, 0.3) is 15.9 Å². The summed E-state index contributed by atoms with van der Waals surface area (Å²) in [5.74, 6) is 0.183. The van der Waals surface area contributed by atoms with Gasteiger partial charge in [0.05, 0.1) is 40.5 Å². The van der Waals surface area contributed by atoms with Crippen LogP contribution in [0.3, 0.4) is 0 Å². The number of hydrogen-bond acceptors (Lipinski definition) is 5. The molecule has 2 aromatic rings. The van der Waals surface area contributed by atoms with Gasteiger partial charge in [0.1, 0.15) is 16.4 Å². The van der Waals surface area contributed by atoms with E-state index in [2.05, 4.69) is 4.72 Å². The summed E-state index contributed by atoms with van der Waals surface area (Å²) in [7, 11) is -1.40. The molecule has 7 nitrogen and oxygen atoms in total. The highest BCUT2D eigenvalue weighted by molar-refractivity contribution is 7.92. The number of amides is 1. The SMILES string of the molecule is COc1cc(OC)c(NS(=O)(=O)c2cc(C(=O)N3CCCCC3)c(Cl)cc2Cl)cc1Cl. The molecule has 0 atom stereocenters. The minimum absolute atomic E-state index is 0.0769. The van der Waals surface area contributed by atoms with Crippen LogP contribution in [0, 0.1) is 0 Å². The molecule has 2 aromatic carbocycles. The van der Waals surface area contributed by atoms with Crippen molar-refractivity contribution >= 4 is 56.4 Å². The van der Waals surface area contributed by atoms with E-state index in [-0.39, 0.29) is 42.9 Å². The molecule has 0 bridgehead atoms. The molecule has 1 aliphatic rings. The number of nitrogens with zero attached hydrogens (tertiary/aromatic N) is 1. The molecule has 168 valence electrons. The largest absolute Gasteiger partial charge is 0.495 e. The summed E-state index contributed by atoms with van der Waals surface area (Å²) >= 11 is 18.5. The first-order valence-electron chi connectivity index (χ1n) is 9.40. The number of piperidine rings is 1. The Bertz CT molecular complexity index is 1100. The van der Waals surface area contributed by atoms with Crippen LogP contribution in [0.1, 0.15) is 29.6 Å². The summed E-state index contributed by atoms with van der Waals surface area (Å²) in [4.78, 5) is 14.3. The van der Waals surface area contributed by atoms with Crippen molar-refractivity contribution in [1.82, 2.24) is 4.90 Å². The van der Waals surface area contributed by atoms with Gasteiger partial charge in [0.2, 0.25) is 0 Å². The Morgan fingerprint density at radius 2 is 1.55 bits per heavy atom. The molecule has 1 amide bonds. The second-order valence-electron chi connectivity index (χ2n) is 6.91. The normalized spacial score (nSPS) is 14.3. The molecule has 0 aromatic heterocycles. The molecule has 31 heavy (non-hydrogen) atoms. The minimum atomic E-state index is -4.21. The van der Waals surface area contributed by atoms with Crippen LogP contribution in [0.2, 0.25) is 15.1 Å². The van der Waals surface area contributed by atoms with Crippen LogP contribution in [-0.2, 0) is 10.0 Å². The highest BCUT2D eigenvalue weighted by Gasteiger charge is 2.27. The van der Waals surface area contributed by atoms with Crippen molar-refractivity contribution in [2.75, 3.05) is 32.0 Å². The number of methoxy groups -OCH3 is 2. The molecule has 11 heteroatoms. The zero-order chi connectivity index (χ0) is 22.8. The van der Waals surface area contributed by atoms with Crippen molar-refractivity contribution in [3.8, 4) is 11.5 Å². The highest BCUT2D eigenvalue weighted by atomic mass is 35.5. The standard InChI is InChI=1S/C20H21Cl3N2O5S/c1-29-17-11-18(30-2)16(10-14(17)22)24-31(27,28)19-8-12(13(21)9-15(19)23)20(26)25-6-4-3-5-7-25/h8-11,24H,3-7H2,1-2H3. The van der Waals surface area contributed by atoms with Gasteiger partial charge in [-0.25, -0.2) is 8.42 Å². The molecule has 0 aliphatic carbocycles. The number of carbonyl (C=O) groups excluding carboxylic acids is 1. The monoisotopic (exact) mass is 506 g/mol. The van der Waals surface area contributed by atoms with Crippen LogP contribution in [-0.4, -0.2) is 46.5 Å². The lowest BCUT2D eigenvalue weighted by atomic mass is 10.1. The van der Waals surface area contributed by atoms with E-state index < -0.39 is 10.0 Å². The number of nitrogens with one attached hydrogen (secondary N) is 1. The molecular weight excluding hydrogens is 487 g/mol. The number of sulfonamides is 1. The molecule has 0 radical (unpaired) electrons. The maximum atomic E-state index is 13.1. The van der Waals surface area contributed by atoms with Crippen LogP contribution < -0.4 is 14.2 Å². The second kappa shape index (κ2) is 9.73. The molecule has 1 saturated heterocycles. The fraction of sp³-hybridized carbons (Fsp3) is 0.350. The van der Waals surface area contributed by atoms with Gasteiger partial charge in [-0.05, 0) is 37.5 Å². The zero-order valence-corrected chi connectivity index (χ0v) is 20.0. The molecule has 0 saturated carbocycles. The lowest BCUT2D eigenvalue weighted by Crippen LogP contribution is -2.35. The van der Waals surface area contributed by atoms with Crippen molar-refractivity contribution < 1.29 is 22.7 Å². The van der Waals surface area contributed by atoms with E-state index in [1.165, 1.54) is 38.5 Å². The van der Waals surface area contributed by atoms with Crippen LogP contribution in [0.25, 0.3) is 0 Å². The summed E-state index contributed by atoms with van der Waals surface area (Å²) in [6.07, 6.45) is 2.83. The van der Waals surface area contributed by atoms with Gasteiger partial charge in [-0.15, -0.1) is 0 Å². The summed E-state index contributed by atoms with van der Waals surface area (Å²) in [5, 5.41) is 0.153. The Labute approximate surface area is 196 Å². The van der Waals surface area contributed by atoms with Crippen molar-refractivity contribution in [3.63, 3.8) is 0 Å². The first-order valence-corrected chi connectivity index (χ1v) is 12.0. The van der Waals surface area contributed by atoms with E-state index in [0.717, 1.165) is 19.3 Å². The molecule has 1 heterocycles. The molecular formula is C20H21Cl3N2O5S. The van der Waals surface area contributed by atoms with E-state index in [1.54, 1.807) is 4.90 Å². The Kier molecular flexibility index (Phi) is 7.47. The van der Waals surface area contributed by atoms with E-state index >= 15 is 0 Å². The summed E-state index contributed by atoms with van der Waals surface area (Å²) < 4.78 is 39.0. The first kappa shape index (κ1) is 23.8. The van der Waals surface area contributed by atoms with Crippen molar-refractivity contribution in [2.24, 2.45) is 0 Å². The molecule has 1 N–H and O–H groups in total. The molecule has 1 fully saturated rings. The predicted octanol–water partition coefficient (Wildman–Crippen LogP) is 5.09. The molecule has 1 aliphatic heterocycles. The number of likely N-dealkylation sites (tertiary alicyclic amines) is 1. The van der Waals surface area contributed by atoms with Crippen LogP contribution in [0.15, 0.2) is 29.2 Å². The first-order chi connectivity index (χ1) is 14.7. The fourth-order valence-corrected chi connectivity index (χ4v) is 5.46. The summed E-state index contributed by atoms with van der Waals surface area (Å²) in [6, 6.07) is 5.27. The number of anilines is 1. The third-order valence-corrected chi connectivity index (χ3v) is 7.34. The van der Waals surface area contributed by atoms with Crippen LogP contribution in [0.5, 0.6) is 11.5 Å². The van der Waals surface area contributed by atoms with Gasteiger partial charge in [-0.2, -0.15) is 0 Å². The number of ether oxygens (including phenoxy) is 2. The molecule has 3 rings (SSSR count). The van der Waals surface area contributed by atoms with Gasteiger partial charge in [-0.1, -0.05) is 34.8 Å². The van der Waals surface area contributed by atoms with E-state index in [0.29, 0.717) is 18.8 Å². The predicted molar refractivity (Wildman–Crippen MR) is 122 cm³/mol. The Balaban J connectivity index is 2.00. The Morgan fingerprint density at radius 1 is 0.903 bits per heavy atom. The van der Waals surface area contributed by atoms with Gasteiger partial charge in [0, 0.05) is 19.2 Å². The third-order valence-electron chi connectivity index (χ3n) is 4.90. The number of benzene rings is 2. The topological polar surface area (TPSA) is 84.9 Å². The summed E-state index contributed by atoms with van der Waals surface area (Å²) in [5.41, 5.74) is 0.163.